The Bertz CT molecular complexity index is 373. The fraction of sp³-hybridized carbons (Fsp3) is 0.800. The van der Waals surface area contributed by atoms with Gasteiger partial charge in [0, 0.05) is 32.3 Å². The van der Waals surface area contributed by atoms with Gasteiger partial charge in [0.05, 0.1) is 11.8 Å². The molecule has 0 saturated carbocycles. The molecular weight excluding hydrogens is 238 g/mol. The zero-order valence-corrected chi connectivity index (χ0v) is 13.2. The lowest BCUT2D eigenvalue weighted by molar-refractivity contribution is 0.0328. The molecule has 2 atom stereocenters. The fourth-order valence-corrected chi connectivity index (χ4v) is 2.62. The third-order valence-electron chi connectivity index (χ3n) is 3.51. The van der Waals surface area contributed by atoms with Crippen molar-refractivity contribution in [3.8, 4) is 0 Å². The van der Waals surface area contributed by atoms with Crippen LogP contribution in [0.25, 0.3) is 0 Å². The van der Waals surface area contributed by atoms with Gasteiger partial charge in [-0.1, -0.05) is 20.8 Å². The SMILES string of the molecule is CCCNC(Cc1cc(C)nn1C)C(OC)C(C)C. The predicted molar refractivity (Wildman–Crippen MR) is 79.4 cm³/mol. The van der Waals surface area contributed by atoms with Crippen LogP contribution >= 0.6 is 0 Å². The Labute approximate surface area is 117 Å². The highest BCUT2D eigenvalue weighted by Gasteiger charge is 2.25. The Balaban J connectivity index is 2.81. The van der Waals surface area contributed by atoms with Gasteiger partial charge in [-0.05, 0) is 31.9 Å². The van der Waals surface area contributed by atoms with Gasteiger partial charge in [-0.25, -0.2) is 0 Å². The van der Waals surface area contributed by atoms with Gasteiger partial charge >= 0.3 is 0 Å². The molecule has 0 bridgehead atoms. The monoisotopic (exact) mass is 267 g/mol. The summed E-state index contributed by atoms with van der Waals surface area (Å²) in [6.07, 6.45) is 2.31. The Morgan fingerprint density at radius 3 is 2.53 bits per heavy atom. The van der Waals surface area contributed by atoms with E-state index in [1.165, 1.54) is 5.69 Å². The second-order valence-corrected chi connectivity index (χ2v) is 5.61. The lowest BCUT2D eigenvalue weighted by Gasteiger charge is -2.30. The Hall–Kier alpha value is -0.870. The van der Waals surface area contributed by atoms with Crippen molar-refractivity contribution in [1.82, 2.24) is 15.1 Å². The Kier molecular flexibility index (Phi) is 6.52. The molecule has 0 aromatic carbocycles. The first-order chi connectivity index (χ1) is 8.99. The van der Waals surface area contributed by atoms with E-state index in [-0.39, 0.29) is 6.10 Å². The van der Waals surface area contributed by atoms with Crippen LogP contribution in [-0.4, -0.2) is 35.6 Å². The minimum Gasteiger partial charge on any atom is -0.380 e. The standard InChI is InChI=1S/C15H29N3O/c1-7-8-16-14(15(19-6)11(2)3)10-13-9-12(4)17-18(13)5/h9,11,14-16H,7-8,10H2,1-6H3. The van der Waals surface area contributed by atoms with Gasteiger partial charge in [0.15, 0.2) is 0 Å². The summed E-state index contributed by atoms with van der Waals surface area (Å²) < 4.78 is 7.67. The van der Waals surface area contributed by atoms with Crippen molar-refractivity contribution in [2.45, 2.75) is 52.7 Å². The molecule has 0 aliphatic heterocycles. The molecule has 19 heavy (non-hydrogen) atoms. The van der Waals surface area contributed by atoms with E-state index in [1.807, 2.05) is 18.7 Å². The molecule has 0 aliphatic rings. The summed E-state index contributed by atoms with van der Waals surface area (Å²) >= 11 is 0. The minimum absolute atomic E-state index is 0.224. The van der Waals surface area contributed by atoms with Crippen LogP contribution in [0.1, 0.15) is 38.6 Å². The topological polar surface area (TPSA) is 39.1 Å². The van der Waals surface area contributed by atoms with E-state index in [9.17, 15) is 0 Å². The number of hydrogen-bond donors (Lipinski definition) is 1. The summed E-state index contributed by atoms with van der Waals surface area (Å²) in [4.78, 5) is 0. The summed E-state index contributed by atoms with van der Waals surface area (Å²) in [7, 11) is 3.82. The first-order valence-electron chi connectivity index (χ1n) is 7.25. The molecule has 110 valence electrons. The normalized spacial score (nSPS) is 14.9. The first-order valence-corrected chi connectivity index (χ1v) is 7.25. The smallest absolute Gasteiger partial charge is 0.0750 e. The number of aromatic nitrogens is 2. The largest absolute Gasteiger partial charge is 0.380 e. The lowest BCUT2D eigenvalue weighted by Crippen LogP contribution is -2.45. The van der Waals surface area contributed by atoms with Crippen LogP contribution in [0.3, 0.4) is 0 Å². The van der Waals surface area contributed by atoms with E-state index < -0.39 is 0 Å². The van der Waals surface area contributed by atoms with Gasteiger partial charge < -0.3 is 10.1 Å². The number of nitrogens with one attached hydrogen (secondary N) is 1. The van der Waals surface area contributed by atoms with Crippen LogP contribution in [0.5, 0.6) is 0 Å². The van der Waals surface area contributed by atoms with Crippen molar-refractivity contribution in [2.75, 3.05) is 13.7 Å². The molecule has 0 fully saturated rings. The van der Waals surface area contributed by atoms with E-state index in [1.54, 1.807) is 7.11 Å². The molecule has 1 aromatic heterocycles. The van der Waals surface area contributed by atoms with Gasteiger partial charge in [-0.15, -0.1) is 0 Å². The van der Waals surface area contributed by atoms with Crippen molar-refractivity contribution >= 4 is 0 Å². The third kappa shape index (κ3) is 4.62. The van der Waals surface area contributed by atoms with Crippen LogP contribution in [-0.2, 0) is 18.2 Å². The van der Waals surface area contributed by atoms with Crippen LogP contribution in [0.4, 0.5) is 0 Å². The van der Waals surface area contributed by atoms with Crippen LogP contribution in [0.15, 0.2) is 6.07 Å². The molecule has 1 aromatic rings. The van der Waals surface area contributed by atoms with E-state index in [0.717, 1.165) is 25.1 Å². The molecule has 1 N–H and O–H groups in total. The summed E-state index contributed by atoms with van der Waals surface area (Å²) in [5.74, 6) is 0.494. The maximum Gasteiger partial charge on any atom is 0.0750 e. The Morgan fingerprint density at radius 1 is 1.42 bits per heavy atom. The second-order valence-electron chi connectivity index (χ2n) is 5.61. The fourth-order valence-electron chi connectivity index (χ4n) is 2.62. The average Bonchev–Trinajstić information content (AvgIpc) is 2.65. The van der Waals surface area contributed by atoms with Crippen LogP contribution in [0.2, 0.25) is 0 Å². The summed E-state index contributed by atoms with van der Waals surface area (Å²) in [6.45, 7) is 9.67. The summed E-state index contributed by atoms with van der Waals surface area (Å²) in [6, 6.07) is 2.49. The average molecular weight is 267 g/mol. The Morgan fingerprint density at radius 2 is 2.11 bits per heavy atom. The van der Waals surface area contributed by atoms with Gasteiger partial charge in [-0.2, -0.15) is 5.10 Å². The molecule has 4 nitrogen and oxygen atoms in total. The molecule has 0 spiro atoms. The zero-order chi connectivity index (χ0) is 14.4. The van der Waals surface area contributed by atoms with Crippen LogP contribution < -0.4 is 5.32 Å². The maximum absolute atomic E-state index is 5.70. The summed E-state index contributed by atoms with van der Waals surface area (Å²) in [5, 5.41) is 8.04. The van der Waals surface area contributed by atoms with Crippen molar-refractivity contribution in [3.63, 3.8) is 0 Å². The summed E-state index contributed by atoms with van der Waals surface area (Å²) in [5.41, 5.74) is 2.33. The molecule has 0 aliphatic carbocycles. The van der Waals surface area contributed by atoms with Crippen LogP contribution in [0, 0.1) is 12.8 Å². The van der Waals surface area contributed by atoms with E-state index >= 15 is 0 Å². The molecule has 1 rings (SSSR count). The third-order valence-corrected chi connectivity index (χ3v) is 3.51. The number of methoxy groups -OCH3 is 1. The first kappa shape index (κ1) is 16.2. The molecule has 0 saturated heterocycles. The van der Waals surface area contributed by atoms with Crippen molar-refractivity contribution in [2.24, 2.45) is 13.0 Å². The zero-order valence-electron chi connectivity index (χ0n) is 13.2. The van der Waals surface area contributed by atoms with Crippen molar-refractivity contribution < 1.29 is 4.74 Å². The quantitative estimate of drug-likeness (QED) is 0.785. The van der Waals surface area contributed by atoms with Gasteiger partial charge in [-0.3, -0.25) is 4.68 Å². The molecule has 0 radical (unpaired) electrons. The lowest BCUT2D eigenvalue weighted by atomic mass is 9.95. The molecule has 2 unspecified atom stereocenters. The highest BCUT2D eigenvalue weighted by molar-refractivity contribution is 5.10. The van der Waals surface area contributed by atoms with E-state index in [0.29, 0.717) is 12.0 Å². The number of ether oxygens (including phenoxy) is 1. The second kappa shape index (κ2) is 7.65. The van der Waals surface area contributed by atoms with Crippen molar-refractivity contribution in [3.05, 3.63) is 17.5 Å². The van der Waals surface area contributed by atoms with E-state index in [4.69, 9.17) is 4.74 Å². The van der Waals surface area contributed by atoms with Gasteiger partial charge in [0.25, 0.3) is 0 Å². The molecular formula is C15H29N3O. The molecule has 0 amide bonds. The van der Waals surface area contributed by atoms with Gasteiger partial charge in [0.1, 0.15) is 0 Å². The minimum atomic E-state index is 0.224. The number of hydrogen-bond acceptors (Lipinski definition) is 3. The highest BCUT2D eigenvalue weighted by atomic mass is 16.5. The van der Waals surface area contributed by atoms with E-state index in [2.05, 4.69) is 37.3 Å². The highest BCUT2D eigenvalue weighted by Crippen LogP contribution is 2.15. The van der Waals surface area contributed by atoms with Crippen molar-refractivity contribution in [1.29, 1.82) is 0 Å². The number of rotatable bonds is 8. The molecule has 4 heteroatoms. The maximum atomic E-state index is 5.70. The predicted octanol–water partition coefficient (Wildman–Crippen LogP) is 2.31. The number of nitrogens with zero attached hydrogens (tertiary/aromatic N) is 2. The number of aryl methyl sites for hydroxylation is 2. The van der Waals surface area contributed by atoms with Gasteiger partial charge in [0.2, 0.25) is 0 Å². The molecule has 1 heterocycles.